The number of nitrogens with one attached hydrogen (secondary N) is 1. The summed E-state index contributed by atoms with van der Waals surface area (Å²) in [5.41, 5.74) is 0.154. The Morgan fingerprint density at radius 1 is 1.26 bits per heavy atom. The molecule has 2 heterocycles. The van der Waals surface area contributed by atoms with Gasteiger partial charge in [0.25, 0.3) is 0 Å². The highest BCUT2D eigenvalue weighted by atomic mass is 16.2. The summed E-state index contributed by atoms with van der Waals surface area (Å²) in [7, 11) is 0. The number of likely N-dealkylation sites (tertiary alicyclic amines) is 1. The van der Waals surface area contributed by atoms with E-state index in [1.165, 1.54) is 25.7 Å². The van der Waals surface area contributed by atoms with E-state index in [9.17, 15) is 9.59 Å². The zero-order valence-corrected chi connectivity index (χ0v) is 11.6. The van der Waals surface area contributed by atoms with Crippen LogP contribution in [0.5, 0.6) is 0 Å². The normalized spacial score (nSPS) is 26.9. The molecule has 1 aliphatic carbocycles. The lowest BCUT2D eigenvalue weighted by Gasteiger charge is -2.38. The minimum absolute atomic E-state index is 0.154. The fourth-order valence-corrected chi connectivity index (χ4v) is 3.93. The molecule has 1 saturated carbocycles. The van der Waals surface area contributed by atoms with Crippen LogP contribution in [0.3, 0.4) is 0 Å². The number of carbonyl (C=O) groups excluding carboxylic acids is 2. The van der Waals surface area contributed by atoms with Crippen LogP contribution in [0.25, 0.3) is 0 Å². The molecule has 1 spiro atoms. The molecule has 0 bridgehead atoms. The van der Waals surface area contributed by atoms with Gasteiger partial charge in [-0.05, 0) is 37.0 Å². The zero-order valence-electron chi connectivity index (χ0n) is 11.6. The van der Waals surface area contributed by atoms with Gasteiger partial charge in [-0.1, -0.05) is 12.8 Å². The van der Waals surface area contributed by atoms with Gasteiger partial charge < -0.3 is 10.2 Å². The van der Waals surface area contributed by atoms with Crippen molar-refractivity contribution in [1.82, 2.24) is 10.2 Å². The number of piperidine rings is 1. The van der Waals surface area contributed by atoms with Gasteiger partial charge in [0, 0.05) is 32.5 Å². The first-order valence-electron chi connectivity index (χ1n) is 7.71. The molecule has 3 aliphatic rings. The van der Waals surface area contributed by atoms with Crippen molar-refractivity contribution in [3.63, 3.8) is 0 Å². The minimum atomic E-state index is 0.154. The third-order valence-electron chi connectivity index (χ3n) is 5.31. The van der Waals surface area contributed by atoms with Crippen molar-refractivity contribution < 1.29 is 9.59 Å². The minimum Gasteiger partial charge on any atom is -0.356 e. The zero-order chi connectivity index (χ0) is 13.3. The second-order valence-electron chi connectivity index (χ2n) is 6.69. The molecule has 1 N–H and O–H groups in total. The molecule has 106 valence electrons. The third-order valence-corrected chi connectivity index (χ3v) is 5.31. The van der Waals surface area contributed by atoms with Crippen molar-refractivity contribution in [1.29, 1.82) is 0 Å². The van der Waals surface area contributed by atoms with Crippen molar-refractivity contribution in [2.75, 3.05) is 19.6 Å². The Balaban J connectivity index is 1.49. The third kappa shape index (κ3) is 2.77. The van der Waals surface area contributed by atoms with Crippen LogP contribution >= 0.6 is 0 Å². The van der Waals surface area contributed by atoms with Crippen LogP contribution in [0.4, 0.5) is 0 Å². The van der Waals surface area contributed by atoms with Crippen molar-refractivity contribution in [2.45, 2.75) is 51.4 Å². The topological polar surface area (TPSA) is 49.4 Å². The van der Waals surface area contributed by atoms with E-state index >= 15 is 0 Å². The van der Waals surface area contributed by atoms with E-state index in [2.05, 4.69) is 5.32 Å². The number of rotatable bonds is 2. The maximum atomic E-state index is 12.3. The van der Waals surface area contributed by atoms with E-state index in [0.717, 1.165) is 38.9 Å². The standard InChI is InChI=1S/C15H24N2O2/c18-13-10-15(11-16-13)5-7-17(8-6-15)14(19)9-12-3-1-2-4-12/h12H,1-11H2,(H,16,18). The van der Waals surface area contributed by atoms with Crippen LogP contribution in [0.15, 0.2) is 0 Å². The van der Waals surface area contributed by atoms with Crippen molar-refractivity contribution in [3.8, 4) is 0 Å². The number of nitrogens with zero attached hydrogens (tertiary/aromatic N) is 1. The summed E-state index contributed by atoms with van der Waals surface area (Å²) in [4.78, 5) is 25.7. The van der Waals surface area contributed by atoms with Gasteiger partial charge in [-0.15, -0.1) is 0 Å². The van der Waals surface area contributed by atoms with Gasteiger partial charge in [0.15, 0.2) is 0 Å². The molecule has 2 aliphatic heterocycles. The average Bonchev–Trinajstić information content (AvgIpc) is 3.01. The molecule has 2 amide bonds. The lowest BCUT2D eigenvalue weighted by atomic mass is 9.77. The Bertz CT molecular complexity index is 366. The molecular weight excluding hydrogens is 240 g/mol. The quantitative estimate of drug-likeness (QED) is 0.825. The molecule has 0 atom stereocenters. The van der Waals surface area contributed by atoms with Gasteiger partial charge in [-0.3, -0.25) is 9.59 Å². The average molecular weight is 264 g/mol. The fourth-order valence-electron chi connectivity index (χ4n) is 3.93. The smallest absolute Gasteiger partial charge is 0.222 e. The molecular formula is C15H24N2O2. The number of amides is 2. The van der Waals surface area contributed by atoms with Crippen LogP contribution in [0.1, 0.15) is 51.4 Å². The van der Waals surface area contributed by atoms with Gasteiger partial charge >= 0.3 is 0 Å². The Hall–Kier alpha value is -1.06. The summed E-state index contributed by atoms with van der Waals surface area (Å²) >= 11 is 0. The van der Waals surface area contributed by atoms with E-state index in [0.29, 0.717) is 18.2 Å². The largest absolute Gasteiger partial charge is 0.356 e. The molecule has 3 rings (SSSR count). The maximum Gasteiger partial charge on any atom is 0.222 e. The second-order valence-corrected chi connectivity index (χ2v) is 6.69. The Kier molecular flexibility index (Phi) is 3.50. The van der Waals surface area contributed by atoms with E-state index < -0.39 is 0 Å². The first kappa shape index (κ1) is 12.9. The Labute approximate surface area is 114 Å². The second kappa shape index (κ2) is 5.14. The molecule has 4 nitrogen and oxygen atoms in total. The van der Waals surface area contributed by atoms with Crippen molar-refractivity contribution >= 4 is 11.8 Å². The molecule has 3 fully saturated rings. The Morgan fingerprint density at radius 3 is 2.53 bits per heavy atom. The monoisotopic (exact) mass is 264 g/mol. The Morgan fingerprint density at radius 2 is 1.95 bits per heavy atom. The summed E-state index contributed by atoms with van der Waals surface area (Å²) in [6, 6.07) is 0. The predicted molar refractivity (Wildman–Crippen MR) is 72.4 cm³/mol. The van der Waals surface area contributed by atoms with Gasteiger partial charge in [0.05, 0.1) is 0 Å². The van der Waals surface area contributed by atoms with Gasteiger partial charge in [-0.25, -0.2) is 0 Å². The van der Waals surface area contributed by atoms with Crippen LogP contribution in [-0.4, -0.2) is 36.3 Å². The highest BCUT2D eigenvalue weighted by Gasteiger charge is 2.41. The molecule has 2 saturated heterocycles. The molecule has 0 aromatic heterocycles. The van der Waals surface area contributed by atoms with Crippen LogP contribution in [-0.2, 0) is 9.59 Å². The van der Waals surface area contributed by atoms with E-state index in [1.54, 1.807) is 0 Å². The number of hydrogen-bond acceptors (Lipinski definition) is 2. The van der Waals surface area contributed by atoms with E-state index in [4.69, 9.17) is 0 Å². The van der Waals surface area contributed by atoms with Gasteiger partial charge in [-0.2, -0.15) is 0 Å². The summed E-state index contributed by atoms with van der Waals surface area (Å²) < 4.78 is 0. The highest BCUT2D eigenvalue weighted by Crippen LogP contribution is 2.38. The molecule has 0 unspecified atom stereocenters. The first-order chi connectivity index (χ1) is 9.17. The lowest BCUT2D eigenvalue weighted by Crippen LogP contribution is -2.44. The molecule has 0 aromatic carbocycles. The summed E-state index contributed by atoms with van der Waals surface area (Å²) in [6.07, 6.45) is 8.47. The van der Waals surface area contributed by atoms with E-state index in [1.807, 2.05) is 4.90 Å². The molecule has 0 radical (unpaired) electrons. The summed E-state index contributed by atoms with van der Waals surface area (Å²) in [5.74, 6) is 1.17. The van der Waals surface area contributed by atoms with Crippen LogP contribution < -0.4 is 5.32 Å². The summed E-state index contributed by atoms with van der Waals surface area (Å²) in [5, 5.41) is 2.94. The lowest BCUT2D eigenvalue weighted by molar-refractivity contribution is -0.134. The maximum absolute atomic E-state index is 12.3. The summed E-state index contributed by atoms with van der Waals surface area (Å²) in [6.45, 7) is 2.51. The SMILES string of the molecule is O=C1CC2(CCN(C(=O)CC3CCCC3)CC2)CN1. The van der Waals surface area contributed by atoms with Crippen molar-refractivity contribution in [3.05, 3.63) is 0 Å². The molecule has 0 aromatic rings. The van der Waals surface area contributed by atoms with Crippen LogP contribution in [0.2, 0.25) is 0 Å². The van der Waals surface area contributed by atoms with Crippen molar-refractivity contribution in [2.24, 2.45) is 11.3 Å². The number of hydrogen-bond donors (Lipinski definition) is 1. The molecule has 19 heavy (non-hydrogen) atoms. The number of carbonyl (C=O) groups is 2. The van der Waals surface area contributed by atoms with Gasteiger partial charge in [0.1, 0.15) is 0 Å². The van der Waals surface area contributed by atoms with Crippen LogP contribution in [0, 0.1) is 11.3 Å². The van der Waals surface area contributed by atoms with E-state index in [-0.39, 0.29) is 11.3 Å². The van der Waals surface area contributed by atoms with Gasteiger partial charge in [0.2, 0.25) is 11.8 Å². The fraction of sp³-hybridized carbons (Fsp3) is 0.867. The molecule has 4 heteroatoms. The highest BCUT2D eigenvalue weighted by molar-refractivity contribution is 5.79. The first-order valence-corrected chi connectivity index (χ1v) is 7.71. The predicted octanol–water partition coefficient (Wildman–Crippen LogP) is 1.70.